The molecule has 0 radical (unpaired) electrons. The molecule has 1 N–H and O–H groups in total. The van der Waals surface area contributed by atoms with Gasteiger partial charge in [0, 0.05) is 12.2 Å². The summed E-state index contributed by atoms with van der Waals surface area (Å²) in [7, 11) is 0. The zero-order valence-corrected chi connectivity index (χ0v) is 11.1. The van der Waals surface area contributed by atoms with Crippen LogP contribution in [0.4, 0.5) is 11.4 Å². The van der Waals surface area contributed by atoms with Crippen LogP contribution in [-0.4, -0.2) is 15.9 Å². The third kappa shape index (κ3) is 2.57. The predicted molar refractivity (Wildman–Crippen MR) is 69.0 cm³/mol. The Morgan fingerprint density at radius 2 is 2.29 bits per heavy atom. The van der Waals surface area contributed by atoms with Crippen LogP contribution in [0.25, 0.3) is 0 Å². The predicted octanol–water partition coefficient (Wildman–Crippen LogP) is 3.35. The van der Waals surface area contributed by atoms with Crippen molar-refractivity contribution in [2.45, 2.75) is 32.2 Å². The van der Waals surface area contributed by atoms with Crippen molar-refractivity contribution in [1.29, 1.82) is 0 Å². The number of hydrogen-bond acceptors (Lipinski definition) is 4. The van der Waals surface area contributed by atoms with Gasteiger partial charge in [0.15, 0.2) is 0 Å². The summed E-state index contributed by atoms with van der Waals surface area (Å²) in [6.07, 6.45) is 6.51. The monoisotopic (exact) mass is 299 g/mol. The topological polar surface area (TPSA) is 68.1 Å². The summed E-state index contributed by atoms with van der Waals surface area (Å²) in [5, 5.41) is 14.1. The Balaban J connectivity index is 2.21. The number of pyridine rings is 1. The zero-order valence-electron chi connectivity index (χ0n) is 9.52. The zero-order chi connectivity index (χ0) is 12.4. The van der Waals surface area contributed by atoms with Gasteiger partial charge in [-0.25, -0.2) is 0 Å². The lowest BCUT2D eigenvalue weighted by Crippen LogP contribution is -2.31. The first kappa shape index (κ1) is 12.3. The van der Waals surface area contributed by atoms with Gasteiger partial charge in [-0.2, -0.15) is 0 Å². The minimum absolute atomic E-state index is 0.0190. The van der Waals surface area contributed by atoms with E-state index in [0.717, 1.165) is 0 Å². The number of nitrogens with one attached hydrogen (secondary N) is 1. The van der Waals surface area contributed by atoms with E-state index in [0.29, 0.717) is 16.1 Å². The van der Waals surface area contributed by atoms with E-state index in [1.54, 1.807) is 6.20 Å². The molecule has 1 aliphatic carbocycles. The normalized spacial score (nSPS) is 17.3. The molecule has 2 rings (SSSR count). The molecule has 1 unspecified atom stereocenters. The first-order chi connectivity index (χ1) is 8.09. The number of rotatable bonds is 4. The molecule has 17 heavy (non-hydrogen) atoms. The molecule has 92 valence electrons. The molecule has 0 saturated heterocycles. The fourth-order valence-corrected chi connectivity index (χ4v) is 2.43. The van der Waals surface area contributed by atoms with Gasteiger partial charge in [-0.05, 0) is 41.6 Å². The SMILES string of the molecule is CC(Nc1c(Br)cncc1[N+](=O)[O-])C1CCC1. The maximum atomic E-state index is 10.9. The Bertz CT molecular complexity index is 435. The molecule has 5 nitrogen and oxygen atoms in total. The van der Waals surface area contributed by atoms with Gasteiger partial charge < -0.3 is 5.32 Å². The van der Waals surface area contributed by atoms with Crippen LogP contribution in [0.2, 0.25) is 0 Å². The van der Waals surface area contributed by atoms with Crippen LogP contribution in [0.15, 0.2) is 16.9 Å². The first-order valence-electron chi connectivity index (χ1n) is 5.64. The molecular weight excluding hydrogens is 286 g/mol. The second-order valence-electron chi connectivity index (χ2n) is 4.40. The number of nitrogens with zero attached hydrogens (tertiary/aromatic N) is 2. The molecule has 0 spiro atoms. The van der Waals surface area contributed by atoms with Gasteiger partial charge in [-0.15, -0.1) is 0 Å². The van der Waals surface area contributed by atoms with E-state index in [9.17, 15) is 10.1 Å². The average Bonchev–Trinajstić information content (AvgIpc) is 2.17. The van der Waals surface area contributed by atoms with Crippen LogP contribution < -0.4 is 5.32 Å². The highest BCUT2D eigenvalue weighted by molar-refractivity contribution is 9.10. The Kier molecular flexibility index (Phi) is 3.61. The quantitative estimate of drug-likeness (QED) is 0.684. The van der Waals surface area contributed by atoms with Crippen LogP contribution in [0, 0.1) is 16.0 Å². The number of hydrogen-bond donors (Lipinski definition) is 1. The lowest BCUT2D eigenvalue weighted by molar-refractivity contribution is -0.384. The molecule has 0 bridgehead atoms. The van der Waals surface area contributed by atoms with Gasteiger partial charge in [-0.3, -0.25) is 15.1 Å². The van der Waals surface area contributed by atoms with E-state index in [1.165, 1.54) is 25.5 Å². The summed E-state index contributed by atoms with van der Waals surface area (Å²) in [4.78, 5) is 14.3. The fraction of sp³-hybridized carbons (Fsp3) is 0.545. The lowest BCUT2D eigenvalue weighted by atomic mass is 9.80. The van der Waals surface area contributed by atoms with E-state index in [1.807, 2.05) is 0 Å². The third-order valence-corrected chi connectivity index (χ3v) is 3.91. The van der Waals surface area contributed by atoms with Crippen molar-refractivity contribution in [3.05, 3.63) is 27.0 Å². The molecule has 1 atom stereocenters. The fourth-order valence-electron chi connectivity index (χ4n) is 1.99. The first-order valence-corrected chi connectivity index (χ1v) is 6.43. The number of nitro groups is 1. The Labute approximate surface area is 108 Å². The molecule has 0 aliphatic heterocycles. The molecule has 1 aromatic rings. The third-order valence-electron chi connectivity index (χ3n) is 3.31. The average molecular weight is 300 g/mol. The number of anilines is 1. The molecule has 0 amide bonds. The van der Waals surface area contributed by atoms with Crippen molar-refractivity contribution >= 4 is 27.3 Å². The van der Waals surface area contributed by atoms with Crippen molar-refractivity contribution in [3.8, 4) is 0 Å². The van der Waals surface area contributed by atoms with Gasteiger partial charge in [0.25, 0.3) is 0 Å². The Morgan fingerprint density at radius 3 is 2.82 bits per heavy atom. The van der Waals surface area contributed by atoms with Gasteiger partial charge in [0.2, 0.25) is 0 Å². The second-order valence-corrected chi connectivity index (χ2v) is 5.25. The van der Waals surface area contributed by atoms with Crippen LogP contribution in [0.5, 0.6) is 0 Å². The molecule has 1 fully saturated rings. The summed E-state index contributed by atoms with van der Waals surface area (Å²) < 4.78 is 0.637. The van der Waals surface area contributed by atoms with Crippen molar-refractivity contribution in [2.24, 2.45) is 5.92 Å². The van der Waals surface area contributed by atoms with Crippen molar-refractivity contribution in [1.82, 2.24) is 4.98 Å². The van der Waals surface area contributed by atoms with Crippen molar-refractivity contribution in [3.63, 3.8) is 0 Å². The summed E-state index contributed by atoms with van der Waals surface area (Å²) in [5.41, 5.74) is 0.551. The summed E-state index contributed by atoms with van der Waals surface area (Å²) in [6, 6.07) is 0.251. The van der Waals surface area contributed by atoms with E-state index in [4.69, 9.17) is 0 Å². The molecule has 1 aliphatic rings. The molecule has 0 aromatic carbocycles. The number of aromatic nitrogens is 1. The van der Waals surface area contributed by atoms with Crippen LogP contribution >= 0.6 is 15.9 Å². The van der Waals surface area contributed by atoms with Crippen molar-refractivity contribution < 1.29 is 4.92 Å². The largest absolute Gasteiger partial charge is 0.376 e. The standard InChI is InChI=1S/C11H14BrN3O2/c1-7(8-3-2-4-8)14-11-9(12)5-13-6-10(11)15(16)17/h5-8H,2-4H2,1H3,(H,13,14). The maximum absolute atomic E-state index is 10.9. The maximum Gasteiger partial charge on any atom is 0.311 e. The van der Waals surface area contributed by atoms with Gasteiger partial charge in [-0.1, -0.05) is 6.42 Å². The van der Waals surface area contributed by atoms with Crippen LogP contribution in [0.3, 0.4) is 0 Å². The summed E-state index contributed by atoms with van der Waals surface area (Å²) in [6.45, 7) is 2.07. The molecule has 1 saturated carbocycles. The minimum atomic E-state index is -0.409. The Hall–Kier alpha value is -1.17. The molecule has 6 heteroatoms. The van der Waals surface area contributed by atoms with Crippen LogP contribution in [-0.2, 0) is 0 Å². The highest BCUT2D eigenvalue weighted by atomic mass is 79.9. The van der Waals surface area contributed by atoms with E-state index < -0.39 is 4.92 Å². The summed E-state index contributed by atoms with van der Waals surface area (Å²) in [5.74, 6) is 0.620. The minimum Gasteiger partial charge on any atom is -0.376 e. The summed E-state index contributed by atoms with van der Waals surface area (Å²) >= 11 is 3.30. The second kappa shape index (κ2) is 5.00. The molecule has 1 aromatic heterocycles. The van der Waals surface area contributed by atoms with Crippen molar-refractivity contribution in [2.75, 3.05) is 5.32 Å². The Morgan fingerprint density at radius 1 is 1.59 bits per heavy atom. The lowest BCUT2D eigenvalue weighted by Gasteiger charge is -2.32. The van der Waals surface area contributed by atoms with Crippen LogP contribution in [0.1, 0.15) is 26.2 Å². The molecular formula is C11H14BrN3O2. The van der Waals surface area contributed by atoms with E-state index in [2.05, 4.69) is 33.2 Å². The molecule has 1 heterocycles. The smallest absolute Gasteiger partial charge is 0.311 e. The van der Waals surface area contributed by atoms with Gasteiger partial charge >= 0.3 is 5.69 Å². The van der Waals surface area contributed by atoms with E-state index >= 15 is 0 Å². The highest BCUT2D eigenvalue weighted by Gasteiger charge is 2.26. The van der Waals surface area contributed by atoms with Gasteiger partial charge in [0.1, 0.15) is 11.9 Å². The van der Waals surface area contributed by atoms with E-state index in [-0.39, 0.29) is 11.7 Å². The number of halogens is 1. The highest BCUT2D eigenvalue weighted by Crippen LogP contribution is 2.36. The van der Waals surface area contributed by atoms with Gasteiger partial charge in [0.05, 0.1) is 9.40 Å².